The first kappa shape index (κ1) is 15.5. The molecular weight excluding hydrogens is 316 g/mol. The van der Waals surface area contributed by atoms with Crippen LogP contribution in [0.5, 0.6) is 11.5 Å². The minimum Gasteiger partial charge on any atom is -0.497 e. The zero-order valence-corrected chi connectivity index (χ0v) is 14.2. The molecule has 0 radical (unpaired) electrons. The number of para-hydroxylation sites is 1. The van der Waals surface area contributed by atoms with Crippen LogP contribution in [0.2, 0.25) is 0 Å². The Bertz CT molecular complexity index is 909. The Morgan fingerprint density at radius 3 is 2.60 bits per heavy atom. The highest BCUT2D eigenvalue weighted by molar-refractivity contribution is 5.90. The van der Waals surface area contributed by atoms with E-state index >= 15 is 0 Å². The van der Waals surface area contributed by atoms with Gasteiger partial charge in [0, 0.05) is 17.5 Å². The van der Waals surface area contributed by atoms with E-state index in [1.165, 1.54) is 12.8 Å². The van der Waals surface area contributed by atoms with Crippen LogP contribution in [0.25, 0.3) is 10.9 Å². The summed E-state index contributed by atoms with van der Waals surface area (Å²) in [5, 5.41) is 7.77. The van der Waals surface area contributed by atoms with Crippen LogP contribution in [0.1, 0.15) is 12.8 Å². The Morgan fingerprint density at radius 2 is 1.84 bits per heavy atom. The molecule has 4 rings (SSSR count). The fraction of sp³-hybridized carbons (Fsp3) is 0.263. The molecule has 0 saturated heterocycles. The van der Waals surface area contributed by atoms with Crippen molar-refractivity contribution >= 4 is 28.4 Å². The van der Waals surface area contributed by atoms with Gasteiger partial charge in [-0.1, -0.05) is 12.1 Å². The lowest BCUT2D eigenvalue weighted by molar-refractivity contribution is 0.405. The largest absolute Gasteiger partial charge is 0.497 e. The summed E-state index contributed by atoms with van der Waals surface area (Å²) in [4.78, 5) is 9.31. The lowest BCUT2D eigenvalue weighted by atomic mass is 10.2. The van der Waals surface area contributed by atoms with Gasteiger partial charge in [0.15, 0.2) is 0 Å². The minimum atomic E-state index is 0.512. The molecule has 25 heavy (non-hydrogen) atoms. The Labute approximate surface area is 146 Å². The van der Waals surface area contributed by atoms with Crippen LogP contribution in [0.3, 0.4) is 0 Å². The molecule has 0 unspecified atom stereocenters. The molecule has 0 atom stereocenters. The summed E-state index contributed by atoms with van der Waals surface area (Å²) in [5.74, 6) is 2.82. The van der Waals surface area contributed by atoms with E-state index in [0.29, 0.717) is 17.7 Å². The third-order valence-corrected chi connectivity index (χ3v) is 4.17. The maximum atomic E-state index is 5.42. The summed E-state index contributed by atoms with van der Waals surface area (Å²) in [5.41, 5.74) is 1.65. The number of methoxy groups -OCH3 is 2. The summed E-state index contributed by atoms with van der Waals surface area (Å²) < 4.78 is 10.7. The first-order valence-electron chi connectivity index (χ1n) is 8.29. The van der Waals surface area contributed by atoms with Crippen molar-refractivity contribution in [1.82, 2.24) is 9.97 Å². The van der Waals surface area contributed by atoms with Gasteiger partial charge in [-0.15, -0.1) is 0 Å². The van der Waals surface area contributed by atoms with Gasteiger partial charge in [-0.3, -0.25) is 0 Å². The summed E-state index contributed by atoms with van der Waals surface area (Å²) in [7, 11) is 3.27. The highest BCUT2D eigenvalue weighted by Gasteiger charge is 2.23. The number of hydrogen-bond acceptors (Lipinski definition) is 6. The van der Waals surface area contributed by atoms with Crippen molar-refractivity contribution in [2.45, 2.75) is 18.9 Å². The van der Waals surface area contributed by atoms with Crippen LogP contribution in [0.15, 0.2) is 42.5 Å². The highest BCUT2D eigenvalue weighted by atomic mass is 16.5. The monoisotopic (exact) mass is 336 g/mol. The molecule has 1 saturated carbocycles. The van der Waals surface area contributed by atoms with Crippen LogP contribution >= 0.6 is 0 Å². The molecule has 1 aromatic heterocycles. The van der Waals surface area contributed by atoms with Crippen molar-refractivity contribution in [2.75, 3.05) is 24.9 Å². The van der Waals surface area contributed by atoms with Crippen LogP contribution in [-0.4, -0.2) is 30.2 Å². The average molecular weight is 336 g/mol. The van der Waals surface area contributed by atoms with Crippen LogP contribution in [0, 0.1) is 0 Å². The molecule has 3 aromatic rings. The van der Waals surface area contributed by atoms with Crippen molar-refractivity contribution in [3.8, 4) is 11.5 Å². The van der Waals surface area contributed by atoms with E-state index in [9.17, 15) is 0 Å². The van der Waals surface area contributed by atoms with Crippen molar-refractivity contribution in [3.63, 3.8) is 0 Å². The predicted molar refractivity (Wildman–Crippen MR) is 99.0 cm³/mol. The lowest BCUT2D eigenvalue weighted by Crippen LogP contribution is -2.07. The predicted octanol–water partition coefficient (Wildman–Crippen LogP) is 3.96. The molecule has 0 spiro atoms. The molecule has 1 heterocycles. The summed E-state index contributed by atoms with van der Waals surface area (Å²) in [6, 6.07) is 14.1. The van der Waals surface area contributed by atoms with E-state index < -0.39 is 0 Å². The van der Waals surface area contributed by atoms with Gasteiger partial charge < -0.3 is 20.1 Å². The van der Waals surface area contributed by atoms with Gasteiger partial charge in [-0.25, -0.2) is 4.98 Å². The van der Waals surface area contributed by atoms with Gasteiger partial charge in [-0.2, -0.15) is 4.98 Å². The normalized spacial score (nSPS) is 13.5. The number of nitrogens with one attached hydrogen (secondary N) is 2. The van der Waals surface area contributed by atoms with E-state index in [1.807, 2.05) is 42.5 Å². The number of hydrogen-bond donors (Lipinski definition) is 2. The highest BCUT2D eigenvalue weighted by Crippen LogP contribution is 2.33. The Kier molecular flexibility index (Phi) is 4.01. The number of anilines is 3. The molecule has 0 amide bonds. The smallest absolute Gasteiger partial charge is 0.229 e. The van der Waals surface area contributed by atoms with Gasteiger partial charge in [0.05, 0.1) is 25.4 Å². The van der Waals surface area contributed by atoms with E-state index in [1.54, 1.807) is 14.2 Å². The van der Waals surface area contributed by atoms with Gasteiger partial charge in [0.25, 0.3) is 0 Å². The van der Waals surface area contributed by atoms with Crippen LogP contribution in [0.4, 0.5) is 17.5 Å². The third-order valence-electron chi connectivity index (χ3n) is 4.17. The van der Waals surface area contributed by atoms with Crippen molar-refractivity contribution in [1.29, 1.82) is 0 Å². The number of ether oxygens (including phenoxy) is 2. The van der Waals surface area contributed by atoms with Gasteiger partial charge in [0.1, 0.15) is 17.3 Å². The van der Waals surface area contributed by atoms with Crippen LogP contribution in [-0.2, 0) is 0 Å². The van der Waals surface area contributed by atoms with Crippen molar-refractivity contribution in [2.24, 2.45) is 0 Å². The number of aromatic nitrogens is 2. The molecule has 6 heteroatoms. The van der Waals surface area contributed by atoms with Crippen molar-refractivity contribution in [3.05, 3.63) is 42.5 Å². The Balaban J connectivity index is 1.74. The Morgan fingerprint density at radius 1 is 1.00 bits per heavy atom. The van der Waals surface area contributed by atoms with E-state index in [0.717, 1.165) is 28.2 Å². The molecular formula is C19H20N4O2. The maximum absolute atomic E-state index is 5.42. The van der Waals surface area contributed by atoms with Gasteiger partial charge in [0.2, 0.25) is 5.95 Å². The lowest BCUT2D eigenvalue weighted by Gasteiger charge is -2.14. The van der Waals surface area contributed by atoms with Crippen molar-refractivity contribution < 1.29 is 9.47 Å². The second kappa shape index (κ2) is 6.47. The van der Waals surface area contributed by atoms with Gasteiger partial charge in [-0.05, 0) is 37.1 Å². The molecule has 2 N–H and O–H groups in total. The average Bonchev–Trinajstić information content (AvgIpc) is 3.45. The zero-order chi connectivity index (χ0) is 17.2. The van der Waals surface area contributed by atoms with Crippen LogP contribution < -0.4 is 20.1 Å². The number of fused-ring (bicyclic) bond motifs is 1. The quantitative estimate of drug-likeness (QED) is 0.710. The molecule has 2 aromatic carbocycles. The molecule has 0 aliphatic heterocycles. The molecule has 1 aliphatic rings. The first-order valence-corrected chi connectivity index (χ1v) is 8.29. The number of benzene rings is 2. The standard InChI is InChI=1S/C19H20N4O2/c1-24-13-9-10-17(25-2)16(11-13)22-19-21-15-6-4-3-5-14(15)18(23-19)20-12-7-8-12/h3-6,9-12H,7-8H2,1-2H3,(H2,20,21,22,23). The van der Waals surface area contributed by atoms with Gasteiger partial charge >= 0.3 is 0 Å². The molecule has 128 valence electrons. The van der Waals surface area contributed by atoms with E-state index in [-0.39, 0.29) is 0 Å². The van der Waals surface area contributed by atoms with E-state index in [4.69, 9.17) is 9.47 Å². The molecule has 1 aliphatic carbocycles. The zero-order valence-electron chi connectivity index (χ0n) is 14.2. The Hall–Kier alpha value is -3.02. The minimum absolute atomic E-state index is 0.512. The third kappa shape index (κ3) is 3.28. The SMILES string of the molecule is COc1ccc(OC)c(Nc2nc(NC3CC3)c3ccccc3n2)c1. The number of nitrogens with zero attached hydrogens (tertiary/aromatic N) is 2. The number of rotatable bonds is 6. The molecule has 1 fully saturated rings. The topological polar surface area (TPSA) is 68.3 Å². The summed E-state index contributed by atoms with van der Waals surface area (Å²) >= 11 is 0. The maximum Gasteiger partial charge on any atom is 0.229 e. The summed E-state index contributed by atoms with van der Waals surface area (Å²) in [6.07, 6.45) is 2.37. The second-order valence-corrected chi connectivity index (χ2v) is 6.02. The molecule has 6 nitrogen and oxygen atoms in total. The molecule has 0 bridgehead atoms. The summed E-state index contributed by atoms with van der Waals surface area (Å²) in [6.45, 7) is 0. The fourth-order valence-electron chi connectivity index (χ4n) is 2.70. The first-order chi connectivity index (χ1) is 12.3. The second-order valence-electron chi connectivity index (χ2n) is 6.02. The fourth-order valence-corrected chi connectivity index (χ4v) is 2.70. The van der Waals surface area contributed by atoms with E-state index in [2.05, 4.69) is 20.6 Å².